The first-order chi connectivity index (χ1) is 12.1. The van der Waals surface area contributed by atoms with Crippen LogP contribution in [-0.2, 0) is 4.79 Å². The smallest absolute Gasteiger partial charge is 0.312 e. The van der Waals surface area contributed by atoms with Crippen LogP contribution in [-0.4, -0.2) is 47.6 Å². The number of nitrogens with two attached hydrogens (primary N) is 1. The fourth-order valence-electron chi connectivity index (χ4n) is 3.45. The Bertz CT molecular complexity index is 633. The van der Waals surface area contributed by atoms with E-state index in [0.717, 1.165) is 30.9 Å². The molecule has 0 bridgehead atoms. The molecule has 1 aromatic heterocycles. The number of hydrogen-bond acceptors (Lipinski definition) is 5. The van der Waals surface area contributed by atoms with Crippen molar-refractivity contribution in [1.29, 1.82) is 0 Å². The van der Waals surface area contributed by atoms with E-state index in [4.69, 9.17) is 5.73 Å². The maximum absolute atomic E-state index is 12.0. The standard InChI is InChI=1S/C17H26N6O2/c1-2-3-12-8-23(9-14(12)22-16(24)7-19-17(18)25)15-6-13(11-4-5-11)20-10-21-15/h6,10-12,14H,2-5,7-9H2,1H3,(H,22,24)(H3,18,19,25)/t12-,14-/m0/s1. The molecule has 0 radical (unpaired) electrons. The lowest BCUT2D eigenvalue weighted by molar-refractivity contribution is -0.120. The zero-order chi connectivity index (χ0) is 17.8. The van der Waals surface area contributed by atoms with Crippen molar-refractivity contribution in [3.63, 3.8) is 0 Å². The van der Waals surface area contributed by atoms with Gasteiger partial charge in [-0.15, -0.1) is 0 Å². The van der Waals surface area contributed by atoms with Crippen LogP contribution in [0, 0.1) is 5.92 Å². The van der Waals surface area contributed by atoms with Crippen molar-refractivity contribution in [2.75, 3.05) is 24.5 Å². The maximum Gasteiger partial charge on any atom is 0.312 e. The lowest BCUT2D eigenvalue weighted by atomic mass is 9.98. The summed E-state index contributed by atoms with van der Waals surface area (Å²) in [4.78, 5) is 33.8. The molecule has 136 valence electrons. The Kier molecular flexibility index (Phi) is 5.35. The maximum atomic E-state index is 12.0. The number of carbonyl (C=O) groups excluding carboxylic acids is 2. The number of nitrogens with zero attached hydrogens (tertiary/aromatic N) is 3. The van der Waals surface area contributed by atoms with Gasteiger partial charge in [0.15, 0.2) is 0 Å². The SMILES string of the molecule is CCC[C@H]1CN(c2cc(C3CC3)ncn2)C[C@@H]1NC(=O)CNC(N)=O. The summed E-state index contributed by atoms with van der Waals surface area (Å²) in [6, 6.07) is 1.43. The quantitative estimate of drug-likeness (QED) is 0.674. The van der Waals surface area contributed by atoms with E-state index in [-0.39, 0.29) is 18.5 Å². The van der Waals surface area contributed by atoms with Crippen molar-refractivity contribution in [2.24, 2.45) is 11.7 Å². The molecule has 4 N–H and O–H groups in total. The number of aromatic nitrogens is 2. The van der Waals surface area contributed by atoms with Crippen molar-refractivity contribution in [3.8, 4) is 0 Å². The molecule has 8 heteroatoms. The second-order valence-electron chi connectivity index (χ2n) is 6.92. The number of amides is 3. The van der Waals surface area contributed by atoms with E-state index < -0.39 is 6.03 Å². The minimum Gasteiger partial charge on any atom is -0.354 e. The molecule has 1 aromatic rings. The molecule has 3 rings (SSSR count). The van der Waals surface area contributed by atoms with Gasteiger partial charge in [0.1, 0.15) is 12.1 Å². The minimum atomic E-state index is -0.693. The molecule has 0 unspecified atom stereocenters. The second-order valence-corrected chi connectivity index (χ2v) is 6.92. The van der Waals surface area contributed by atoms with Crippen molar-refractivity contribution >= 4 is 17.8 Å². The molecule has 2 atom stereocenters. The third kappa shape index (κ3) is 4.58. The predicted molar refractivity (Wildman–Crippen MR) is 94.1 cm³/mol. The number of rotatable bonds is 7. The van der Waals surface area contributed by atoms with Crippen molar-refractivity contribution in [2.45, 2.75) is 44.6 Å². The van der Waals surface area contributed by atoms with Crippen molar-refractivity contribution in [3.05, 3.63) is 18.1 Å². The molecule has 2 fully saturated rings. The molecule has 8 nitrogen and oxygen atoms in total. The van der Waals surface area contributed by atoms with E-state index in [1.165, 1.54) is 12.8 Å². The first-order valence-electron chi connectivity index (χ1n) is 8.96. The lowest BCUT2D eigenvalue weighted by Crippen LogP contribution is -2.46. The highest BCUT2D eigenvalue weighted by Gasteiger charge is 2.34. The van der Waals surface area contributed by atoms with Crippen LogP contribution < -0.4 is 21.3 Å². The molecule has 1 aliphatic heterocycles. The van der Waals surface area contributed by atoms with Crippen LogP contribution in [0.3, 0.4) is 0 Å². The molecule has 2 aliphatic rings. The monoisotopic (exact) mass is 346 g/mol. The van der Waals surface area contributed by atoms with Crippen molar-refractivity contribution < 1.29 is 9.59 Å². The van der Waals surface area contributed by atoms with Crippen LogP contribution in [0.5, 0.6) is 0 Å². The van der Waals surface area contributed by atoms with Crippen LogP contribution in [0.1, 0.15) is 44.2 Å². The van der Waals surface area contributed by atoms with Crippen LogP contribution in [0.2, 0.25) is 0 Å². The largest absolute Gasteiger partial charge is 0.354 e. The highest BCUT2D eigenvalue weighted by atomic mass is 16.2. The Balaban J connectivity index is 1.64. The van der Waals surface area contributed by atoms with Crippen LogP contribution in [0.4, 0.5) is 10.6 Å². The molecule has 0 aromatic carbocycles. The number of urea groups is 1. The van der Waals surface area contributed by atoms with Gasteiger partial charge in [-0.2, -0.15) is 0 Å². The summed E-state index contributed by atoms with van der Waals surface area (Å²) >= 11 is 0. The molecule has 1 saturated heterocycles. The van der Waals surface area contributed by atoms with Gasteiger partial charge in [0.05, 0.1) is 12.6 Å². The fraction of sp³-hybridized carbons (Fsp3) is 0.647. The molecule has 3 amide bonds. The van der Waals surface area contributed by atoms with Crippen LogP contribution in [0.25, 0.3) is 0 Å². The Hall–Kier alpha value is -2.38. The first-order valence-corrected chi connectivity index (χ1v) is 8.96. The number of carbonyl (C=O) groups is 2. The van der Waals surface area contributed by atoms with Gasteiger partial charge in [-0.1, -0.05) is 13.3 Å². The Morgan fingerprint density at radius 1 is 1.32 bits per heavy atom. The summed E-state index contributed by atoms with van der Waals surface area (Å²) in [6.07, 6.45) is 6.15. The van der Waals surface area contributed by atoms with E-state index in [2.05, 4.69) is 38.5 Å². The molecule has 1 aliphatic carbocycles. The number of nitrogens with one attached hydrogen (secondary N) is 2. The number of hydrogen-bond donors (Lipinski definition) is 3. The van der Waals surface area contributed by atoms with Gasteiger partial charge >= 0.3 is 6.03 Å². The number of primary amides is 1. The summed E-state index contributed by atoms with van der Waals surface area (Å²) in [5.74, 6) is 1.67. The summed E-state index contributed by atoms with van der Waals surface area (Å²) in [5.41, 5.74) is 6.13. The number of anilines is 1. The van der Waals surface area contributed by atoms with Gasteiger partial charge in [0.25, 0.3) is 0 Å². The minimum absolute atomic E-state index is 0.0430. The van der Waals surface area contributed by atoms with Crippen molar-refractivity contribution in [1.82, 2.24) is 20.6 Å². The van der Waals surface area contributed by atoms with Gasteiger partial charge in [-0.3, -0.25) is 4.79 Å². The Labute approximate surface area is 147 Å². The van der Waals surface area contributed by atoms with Gasteiger partial charge in [-0.05, 0) is 25.2 Å². The Morgan fingerprint density at radius 2 is 2.12 bits per heavy atom. The first kappa shape index (κ1) is 17.4. The molecule has 25 heavy (non-hydrogen) atoms. The van der Waals surface area contributed by atoms with E-state index in [9.17, 15) is 9.59 Å². The summed E-state index contributed by atoms with van der Waals surface area (Å²) in [5, 5.41) is 5.35. The Morgan fingerprint density at radius 3 is 2.80 bits per heavy atom. The molecule has 2 heterocycles. The average Bonchev–Trinajstić information content (AvgIpc) is 3.37. The zero-order valence-corrected chi connectivity index (χ0v) is 14.6. The van der Waals surface area contributed by atoms with E-state index in [1.807, 2.05) is 0 Å². The summed E-state index contributed by atoms with van der Waals surface area (Å²) in [7, 11) is 0. The van der Waals surface area contributed by atoms with E-state index in [0.29, 0.717) is 18.4 Å². The van der Waals surface area contributed by atoms with E-state index in [1.54, 1.807) is 6.33 Å². The van der Waals surface area contributed by atoms with E-state index >= 15 is 0 Å². The average molecular weight is 346 g/mol. The zero-order valence-electron chi connectivity index (χ0n) is 14.6. The normalized spacial score (nSPS) is 22.7. The van der Waals surface area contributed by atoms with Crippen LogP contribution >= 0.6 is 0 Å². The van der Waals surface area contributed by atoms with Gasteiger partial charge in [0, 0.05) is 30.8 Å². The summed E-state index contributed by atoms with van der Waals surface area (Å²) < 4.78 is 0. The lowest BCUT2D eigenvalue weighted by Gasteiger charge is -2.19. The van der Waals surface area contributed by atoms with Gasteiger partial charge in [0.2, 0.25) is 5.91 Å². The molecule has 1 saturated carbocycles. The third-order valence-electron chi connectivity index (χ3n) is 4.86. The predicted octanol–water partition coefficient (Wildman–Crippen LogP) is 0.743. The fourth-order valence-corrected chi connectivity index (χ4v) is 3.45. The topological polar surface area (TPSA) is 113 Å². The van der Waals surface area contributed by atoms with Gasteiger partial charge < -0.3 is 21.3 Å². The third-order valence-corrected chi connectivity index (χ3v) is 4.86. The highest BCUT2D eigenvalue weighted by molar-refractivity contribution is 5.83. The second kappa shape index (κ2) is 7.67. The summed E-state index contributed by atoms with van der Waals surface area (Å²) in [6.45, 7) is 3.63. The highest BCUT2D eigenvalue weighted by Crippen LogP contribution is 2.39. The molecule has 0 spiro atoms. The molecular formula is C17H26N6O2. The van der Waals surface area contributed by atoms with Gasteiger partial charge in [-0.25, -0.2) is 14.8 Å². The molecular weight excluding hydrogens is 320 g/mol. The van der Waals surface area contributed by atoms with Crippen LogP contribution in [0.15, 0.2) is 12.4 Å².